The lowest BCUT2D eigenvalue weighted by Gasteiger charge is -2.10. The van der Waals surface area contributed by atoms with Gasteiger partial charge in [-0.15, -0.1) is 11.3 Å². The van der Waals surface area contributed by atoms with Crippen molar-refractivity contribution in [3.05, 3.63) is 46.5 Å². The fourth-order valence-corrected chi connectivity index (χ4v) is 2.43. The van der Waals surface area contributed by atoms with E-state index in [4.69, 9.17) is 4.42 Å². The molecule has 0 aliphatic carbocycles. The fourth-order valence-electron chi connectivity index (χ4n) is 1.67. The molecule has 2 aromatic rings. The standard InChI is InChI=1S/C13H17NOS/c1-11(13-7-3-9-15-13)14-8-2-5-12-6-4-10-16-12/h3-4,6-7,9-11,14H,2,5,8H2,1H3. The van der Waals surface area contributed by atoms with Crippen LogP contribution in [0.15, 0.2) is 40.3 Å². The van der Waals surface area contributed by atoms with E-state index in [1.807, 2.05) is 23.5 Å². The minimum absolute atomic E-state index is 0.304. The van der Waals surface area contributed by atoms with Crippen molar-refractivity contribution in [2.24, 2.45) is 0 Å². The predicted molar refractivity (Wildman–Crippen MR) is 67.8 cm³/mol. The molecule has 1 N–H and O–H groups in total. The van der Waals surface area contributed by atoms with Crippen molar-refractivity contribution in [1.82, 2.24) is 5.32 Å². The molecule has 2 aromatic heterocycles. The van der Waals surface area contributed by atoms with Gasteiger partial charge in [-0.25, -0.2) is 0 Å². The molecule has 0 amide bonds. The van der Waals surface area contributed by atoms with Gasteiger partial charge < -0.3 is 9.73 Å². The van der Waals surface area contributed by atoms with Crippen molar-refractivity contribution in [2.75, 3.05) is 6.54 Å². The van der Waals surface area contributed by atoms with Gasteiger partial charge in [0.15, 0.2) is 0 Å². The van der Waals surface area contributed by atoms with Crippen molar-refractivity contribution in [3.8, 4) is 0 Å². The molecular formula is C13H17NOS. The van der Waals surface area contributed by atoms with Gasteiger partial charge in [0.1, 0.15) is 5.76 Å². The summed E-state index contributed by atoms with van der Waals surface area (Å²) in [5.41, 5.74) is 0. The second-order valence-electron chi connectivity index (χ2n) is 3.87. The SMILES string of the molecule is CC(NCCCc1cccs1)c1ccco1. The number of furan rings is 1. The first-order chi connectivity index (χ1) is 7.86. The van der Waals surface area contributed by atoms with Gasteiger partial charge in [-0.2, -0.15) is 0 Å². The molecule has 0 saturated heterocycles. The summed E-state index contributed by atoms with van der Waals surface area (Å²) in [5.74, 6) is 1.01. The van der Waals surface area contributed by atoms with Gasteiger partial charge in [-0.1, -0.05) is 6.07 Å². The normalized spacial score (nSPS) is 12.8. The van der Waals surface area contributed by atoms with Crippen LogP contribution in [0.4, 0.5) is 0 Å². The topological polar surface area (TPSA) is 25.2 Å². The maximum absolute atomic E-state index is 5.34. The lowest BCUT2D eigenvalue weighted by atomic mass is 10.2. The highest BCUT2D eigenvalue weighted by Crippen LogP contribution is 2.13. The van der Waals surface area contributed by atoms with Crippen molar-refractivity contribution >= 4 is 11.3 Å². The minimum atomic E-state index is 0.304. The highest BCUT2D eigenvalue weighted by atomic mass is 32.1. The van der Waals surface area contributed by atoms with Crippen LogP contribution in [0.3, 0.4) is 0 Å². The van der Waals surface area contributed by atoms with Gasteiger partial charge in [-0.05, 0) is 49.9 Å². The van der Waals surface area contributed by atoms with Gasteiger partial charge in [0, 0.05) is 4.88 Å². The third-order valence-electron chi connectivity index (χ3n) is 2.60. The molecule has 2 nitrogen and oxygen atoms in total. The second-order valence-corrected chi connectivity index (χ2v) is 4.91. The summed E-state index contributed by atoms with van der Waals surface area (Å²) in [7, 11) is 0. The highest BCUT2D eigenvalue weighted by molar-refractivity contribution is 7.09. The first-order valence-electron chi connectivity index (χ1n) is 5.65. The van der Waals surface area contributed by atoms with E-state index in [9.17, 15) is 0 Å². The molecule has 3 heteroatoms. The predicted octanol–water partition coefficient (Wildman–Crippen LogP) is 3.62. The van der Waals surface area contributed by atoms with Crippen LogP contribution in [-0.2, 0) is 6.42 Å². The molecule has 86 valence electrons. The molecule has 2 heterocycles. The van der Waals surface area contributed by atoms with E-state index in [0.717, 1.165) is 18.7 Å². The third-order valence-corrected chi connectivity index (χ3v) is 3.54. The molecule has 0 saturated carbocycles. The number of hydrogen-bond donors (Lipinski definition) is 1. The summed E-state index contributed by atoms with van der Waals surface area (Å²) in [6.45, 7) is 3.16. The Morgan fingerprint density at radius 1 is 1.38 bits per heavy atom. The molecule has 1 atom stereocenters. The number of hydrogen-bond acceptors (Lipinski definition) is 3. The first-order valence-corrected chi connectivity index (χ1v) is 6.53. The van der Waals surface area contributed by atoms with Crippen molar-refractivity contribution < 1.29 is 4.42 Å². The summed E-state index contributed by atoms with van der Waals surface area (Å²) >= 11 is 1.83. The Bertz CT molecular complexity index is 380. The molecule has 0 aromatic carbocycles. The van der Waals surface area contributed by atoms with Gasteiger partial charge in [0.05, 0.1) is 12.3 Å². The van der Waals surface area contributed by atoms with Crippen LogP contribution in [0.25, 0.3) is 0 Å². The van der Waals surface area contributed by atoms with E-state index in [1.165, 1.54) is 11.3 Å². The summed E-state index contributed by atoms with van der Waals surface area (Å²) in [6.07, 6.45) is 4.06. The molecular weight excluding hydrogens is 218 g/mol. The molecule has 0 spiro atoms. The molecule has 0 radical (unpaired) electrons. The lowest BCUT2D eigenvalue weighted by molar-refractivity contribution is 0.429. The molecule has 0 bridgehead atoms. The van der Waals surface area contributed by atoms with E-state index in [-0.39, 0.29) is 0 Å². The van der Waals surface area contributed by atoms with Crippen LogP contribution in [0.1, 0.15) is 30.0 Å². The maximum atomic E-state index is 5.34. The van der Waals surface area contributed by atoms with E-state index >= 15 is 0 Å². The molecule has 16 heavy (non-hydrogen) atoms. The molecule has 0 fully saturated rings. The summed E-state index contributed by atoms with van der Waals surface area (Å²) in [4.78, 5) is 1.47. The third kappa shape index (κ3) is 3.22. The Morgan fingerprint density at radius 2 is 2.31 bits per heavy atom. The zero-order chi connectivity index (χ0) is 11.2. The number of rotatable bonds is 6. The molecule has 0 aliphatic rings. The fraction of sp³-hybridized carbons (Fsp3) is 0.385. The van der Waals surface area contributed by atoms with Gasteiger partial charge in [0.2, 0.25) is 0 Å². The van der Waals surface area contributed by atoms with Gasteiger partial charge in [0.25, 0.3) is 0 Å². The van der Waals surface area contributed by atoms with E-state index in [0.29, 0.717) is 6.04 Å². The first kappa shape index (κ1) is 11.4. The van der Waals surface area contributed by atoms with Crippen molar-refractivity contribution in [1.29, 1.82) is 0 Å². The summed E-state index contributed by atoms with van der Waals surface area (Å²) in [6, 6.07) is 8.55. The molecule has 1 unspecified atom stereocenters. The van der Waals surface area contributed by atoms with Crippen LogP contribution in [0, 0.1) is 0 Å². The lowest BCUT2D eigenvalue weighted by Crippen LogP contribution is -2.19. The quantitative estimate of drug-likeness (QED) is 0.773. The Hall–Kier alpha value is -1.06. The minimum Gasteiger partial charge on any atom is -0.468 e. The Morgan fingerprint density at radius 3 is 3.00 bits per heavy atom. The number of thiophene rings is 1. The Kier molecular flexibility index (Phi) is 4.19. The maximum Gasteiger partial charge on any atom is 0.120 e. The highest BCUT2D eigenvalue weighted by Gasteiger charge is 2.06. The second kappa shape index (κ2) is 5.87. The Balaban J connectivity index is 1.65. The zero-order valence-corrected chi connectivity index (χ0v) is 10.3. The van der Waals surface area contributed by atoms with Crippen LogP contribution in [-0.4, -0.2) is 6.54 Å². The zero-order valence-electron chi connectivity index (χ0n) is 9.48. The van der Waals surface area contributed by atoms with Crippen LogP contribution in [0.5, 0.6) is 0 Å². The average molecular weight is 235 g/mol. The van der Waals surface area contributed by atoms with Crippen LogP contribution in [0.2, 0.25) is 0 Å². The number of aryl methyl sites for hydroxylation is 1. The van der Waals surface area contributed by atoms with Crippen molar-refractivity contribution in [2.45, 2.75) is 25.8 Å². The van der Waals surface area contributed by atoms with Gasteiger partial charge >= 0.3 is 0 Å². The molecule has 0 aliphatic heterocycles. The summed E-state index contributed by atoms with van der Waals surface area (Å²) in [5, 5.41) is 5.59. The largest absolute Gasteiger partial charge is 0.468 e. The van der Waals surface area contributed by atoms with Crippen LogP contribution >= 0.6 is 11.3 Å². The van der Waals surface area contributed by atoms with Crippen molar-refractivity contribution in [3.63, 3.8) is 0 Å². The van der Waals surface area contributed by atoms with E-state index in [2.05, 4.69) is 29.8 Å². The average Bonchev–Trinajstić information content (AvgIpc) is 2.96. The van der Waals surface area contributed by atoms with E-state index < -0.39 is 0 Å². The van der Waals surface area contributed by atoms with E-state index in [1.54, 1.807) is 6.26 Å². The van der Waals surface area contributed by atoms with Crippen LogP contribution < -0.4 is 5.32 Å². The number of nitrogens with one attached hydrogen (secondary N) is 1. The smallest absolute Gasteiger partial charge is 0.120 e. The summed E-state index contributed by atoms with van der Waals surface area (Å²) < 4.78 is 5.34. The van der Waals surface area contributed by atoms with Gasteiger partial charge in [-0.3, -0.25) is 0 Å². The monoisotopic (exact) mass is 235 g/mol. The molecule has 2 rings (SSSR count). The Labute approximate surface area is 100 Å².